The van der Waals surface area contributed by atoms with Gasteiger partial charge in [-0.15, -0.1) is 0 Å². The van der Waals surface area contributed by atoms with E-state index >= 15 is 0 Å². The van der Waals surface area contributed by atoms with Gasteiger partial charge in [0.15, 0.2) is 0 Å². The summed E-state index contributed by atoms with van der Waals surface area (Å²) < 4.78 is 26.1. The maximum atomic E-state index is 11.9. The first-order valence-corrected chi connectivity index (χ1v) is 6.34. The highest BCUT2D eigenvalue weighted by Crippen LogP contribution is 2.17. The summed E-state index contributed by atoms with van der Waals surface area (Å²) in [7, 11) is -3.58. The van der Waals surface area contributed by atoms with Crippen LogP contribution >= 0.6 is 0 Å². The molecule has 0 aliphatic carbocycles. The Morgan fingerprint density at radius 2 is 2.12 bits per heavy atom. The lowest BCUT2D eigenvalue weighted by molar-refractivity contribution is 0.265. The summed E-state index contributed by atoms with van der Waals surface area (Å²) >= 11 is 0. The highest BCUT2D eigenvalue weighted by Gasteiger charge is 2.18. The van der Waals surface area contributed by atoms with Crippen molar-refractivity contribution in [3.63, 3.8) is 0 Å². The molecule has 0 aromatic heterocycles. The molecular formula is C10H16N2O3S. The lowest BCUT2D eigenvalue weighted by atomic mass is 10.2. The van der Waals surface area contributed by atoms with Crippen LogP contribution < -0.4 is 10.5 Å². The zero-order valence-electron chi connectivity index (χ0n) is 9.27. The number of nitrogens with one attached hydrogen (secondary N) is 1. The molecule has 0 bridgehead atoms. The predicted molar refractivity (Wildman–Crippen MR) is 62.5 cm³/mol. The van der Waals surface area contributed by atoms with Gasteiger partial charge in [-0.2, -0.15) is 0 Å². The third-order valence-electron chi connectivity index (χ3n) is 2.12. The molecule has 1 atom stereocenters. The molecule has 0 spiro atoms. The van der Waals surface area contributed by atoms with E-state index in [9.17, 15) is 8.42 Å². The Balaban J connectivity index is 3.08. The fourth-order valence-electron chi connectivity index (χ4n) is 1.34. The van der Waals surface area contributed by atoms with Gasteiger partial charge in [0.25, 0.3) is 0 Å². The monoisotopic (exact) mass is 244 g/mol. The Morgan fingerprint density at radius 3 is 2.62 bits per heavy atom. The van der Waals surface area contributed by atoms with Crippen molar-refractivity contribution >= 4 is 15.7 Å². The lowest BCUT2D eigenvalue weighted by Gasteiger charge is -2.13. The standard InChI is InChI=1S/C10H16N2O3S/c1-7-5-9(11)3-4-10(7)16(14,15)12-8(2)6-13/h3-5,8,12-13H,6,11H2,1-2H3/t8-/m0/s1. The van der Waals surface area contributed by atoms with Crippen LogP contribution in [-0.2, 0) is 10.0 Å². The third kappa shape index (κ3) is 2.94. The van der Waals surface area contributed by atoms with Gasteiger partial charge in [-0.3, -0.25) is 0 Å². The van der Waals surface area contributed by atoms with Gasteiger partial charge in [-0.05, 0) is 37.6 Å². The Morgan fingerprint density at radius 1 is 1.50 bits per heavy atom. The van der Waals surface area contributed by atoms with Crippen molar-refractivity contribution in [3.8, 4) is 0 Å². The Bertz CT molecular complexity index is 471. The van der Waals surface area contributed by atoms with Gasteiger partial charge >= 0.3 is 0 Å². The van der Waals surface area contributed by atoms with E-state index in [0.29, 0.717) is 11.3 Å². The Kier molecular flexibility index (Phi) is 3.90. The van der Waals surface area contributed by atoms with Crippen LogP contribution in [0.3, 0.4) is 0 Å². The van der Waals surface area contributed by atoms with Crippen LogP contribution in [0.25, 0.3) is 0 Å². The lowest BCUT2D eigenvalue weighted by Crippen LogP contribution is -2.35. The summed E-state index contributed by atoms with van der Waals surface area (Å²) in [6.07, 6.45) is 0. The van der Waals surface area contributed by atoms with Gasteiger partial charge in [-0.25, -0.2) is 13.1 Å². The number of aliphatic hydroxyl groups is 1. The number of sulfonamides is 1. The molecule has 6 heteroatoms. The summed E-state index contributed by atoms with van der Waals surface area (Å²) in [5.41, 5.74) is 6.64. The first kappa shape index (κ1) is 13.0. The van der Waals surface area contributed by atoms with E-state index < -0.39 is 16.1 Å². The van der Waals surface area contributed by atoms with Crippen molar-refractivity contribution in [2.24, 2.45) is 0 Å². The average molecular weight is 244 g/mol. The minimum absolute atomic E-state index is 0.182. The van der Waals surface area contributed by atoms with E-state index in [1.807, 2.05) is 0 Å². The fraction of sp³-hybridized carbons (Fsp3) is 0.400. The zero-order valence-corrected chi connectivity index (χ0v) is 10.1. The molecule has 5 nitrogen and oxygen atoms in total. The van der Waals surface area contributed by atoms with Crippen molar-refractivity contribution in [1.82, 2.24) is 4.72 Å². The van der Waals surface area contributed by atoms with Crippen molar-refractivity contribution in [2.75, 3.05) is 12.3 Å². The summed E-state index contributed by atoms with van der Waals surface area (Å²) in [5.74, 6) is 0. The Hall–Kier alpha value is -1.11. The minimum atomic E-state index is -3.58. The molecule has 16 heavy (non-hydrogen) atoms. The summed E-state index contributed by atoms with van der Waals surface area (Å²) in [5, 5.41) is 8.81. The maximum absolute atomic E-state index is 11.9. The molecule has 0 aliphatic heterocycles. The quantitative estimate of drug-likeness (QED) is 0.661. The van der Waals surface area contributed by atoms with Crippen molar-refractivity contribution in [1.29, 1.82) is 0 Å². The first-order chi connectivity index (χ1) is 7.36. The normalized spacial score (nSPS) is 13.7. The van der Waals surface area contributed by atoms with Crippen LogP contribution in [0, 0.1) is 6.92 Å². The zero-order chi connectivity index (χ0) is 12.3. The number of nitrogen functional groups attached to an aromatic ring is 1. The number of nitrogens with two attached hydrogens (primary N) is 1. The van der Waals surface area contributed by atoms with Crippen LogP contribution in [-0.4, -0.2) is 26.2 Å². The Labute approximate surface area is 95.3 Å². The van der Waals surface area contributed by atoms with E-state index in [4.69, 9.17) is 10.8 Å². The van der Waals surface area contributed by atoms with Crippen LogP contribution in [0.4, 0.5) is 5.69 Å². The van der Waals surface area contributed by atoms with Crippen molar-refractivity contribution in [3.05, 3.63) is 23.8 Å². The summed E-state index contributed by atoms with van der Waals surface area (Å²) in [6.45, 7) is 3.02. The van der Waals surface area contributed by atoms with Gasteiger partial charge in [-0.1, -0.05) is 0 Å². The van der Waals surface area contributed by atoms with Crippen molar-refractivity contribution in [2.45, 2.75) is 24.8 Å². The highest BCUT2D eigenvalue weighted by atomic mass is 32.2. The molecule has 90 valence electrons. The molecule has 1 rings (SSSR count). The van der Waals surface area contributed by atoms with E-state index in [0.717, 1.165) is 0 Å². The van der Waals surface area contributed by atoms with E-state index in [-0.39, 0.29) is 11.5 Å². The van der Waals surface area contributed by atoms with E-state index in [2.05, 4.69) is 4.72 Å². The number of aryl methyl sites for hydroxylation is 1. The number of hydrogen-bond donors (Lipinski definition) is 3. The van der Waals surface area contributed by atoms with Gasteiger partial charge in [0.2, 0.25) is 10.0 Å². The van der Waals surface area contributed by atoms with Crippen LogP contribution in [0.15, 0.2) is 23.1 Å². The molecular weight excluding hydrogens is 228 g/mol. The molecule has 0 aliphatic rings. The molecule has 0 amide bonds. The van der Waals surface area contributed by atoms with Gasteiger partial charge in [0.1, 0.15) is 0 Å². The third-order valence-corrected chi connectivity index (χ3v) is 3.87. The molecule has 0 unspecified atom stereocenters. The predicted octanol–water partition coefficient (Wildman–Crippen LogP) is 0.236. The van der Waals surface area contributed by atoms with Gasteiger partial charge < -0.3 is 10.8 Å². The number of anilines is 1. The molecule has 0 fully saturated rings. The topological polar surface area (TPSA) is 92.4 Å². The van der Waals surface area contributed by atoms with Crippen LogP contribution in [0.1, 0.15) is 12.5 Å². The second-order valence-corrected chi connectivity index (χ2v) is 5.41. The van der Waals surface area contributed by atoms with Crippen LogP contribution in [0.5, 0.6) is 0 Å². The SMILES string of the molecule is Cc1cc(N)ccc1S(=O)(=O)N[C@@H](C)CO. The highest BCUT2D eigenvalue weighted by molar-refractivity contribution is 7.89. The average Bonchev–Trinajstić information content (AvgIpc) is 2.16. The number of benzene rings is 1. The van der Waals surface area contributed by atoms with Crippen LogP contribution in [0.2, 0.25) is 0 Å². The van der Waals surface area contributed by atoms with Gasteiger partial charge in [0, 0.05) is 11.7 Å². The molecule has 1 aromatic carbocycles. The number of aliphatic hydroxyl groups excluding tert-OH is 1. The summed E-state index contributed by atoms with van der Waals surface area (Å²) in [6, 6.07) is 4.07. The maximum Gasteiger partial charge on any atom is 0.241 e. The second kappa shape index (κ2) is 4.82. The smallest absolute Gasteiger partial charge is 0.241 e. The minimum Gasteiger partial charge on any atom is -0.399 e. The molecule has 0 heterocycles. The first-order valence-electron chi connectivity index (χ1n) is 4.86. The molecule has 4 N–H and O–H groups in total. The largest absolute Gasteiger partial charge is 0.399 e. The van der Waals surface area contributed by atoms with Gasteiger partial charge in [0.05, 0.1) is 11.5 Å². The molecule has 0 saturated heterocycles. The second-order valence-electron chi connectivity index (χ2n) is 3.73. The fourth-order valence-corrected chi connectivity index (χ4v) is 2.80. The summed E-state index contributed by atoms with van der Waals surface area (Å²) in [4.78, 5) is 0.182. The molecule has 0 saturated carbocycles. The van der Waals surface area contributed by atoms with E-state index in [1.165, 1.54) is 12.1 Å². The molecule has 0 radical (unpaired) electrons. The number of rotatable bonds is 4. The van der Waals surface area contributed by atoms with Crippen molar-refractivity contribution < 1.29 is 13.5 Å². The van der Waals surface area contributed by atoms with E-state index in [1.54, 1.807) is 19.9 Å². The molecule has 1 aromatic rings. The number of hydrogen-bond acceptors (Lipinski definition) is 4.